The minimum absolute atomic E-state index is 0.224. The molecule has 1 heterocycles. The zero-order valence-electron chi connectivity index (χ0n) is 7.99. The van der Waals surface area contributed by atoms with Crippen LogP contribution in [0.5, 0.6) is 5.75 Å². The van der Waals surface area contributed by atoms with Crippen molar-refractivity contribution in [2.24, 2.45) is 0 Å². The number of aryl methyl sites for hydroxylation is 1. The Balaban J connectivity index is 2.12. The van der Waals surface area contributed by atoms with Gasteiger partial charge in [-0.2, -0.15) is 5.26 Å². The lowest BCUT2D eigenvalue weighted by Gasteiger charge is -2.06. The Morgan fingerprint density at radius 3 is 3.07 bits per heavy atom. The molecule has 0 saturated carbocycles. The van der Waals surface area contributed by atoms with E-state index in [9.17, 15) is 0 Å². The van der Waals surface area contributed by atoms with Crippen LogP contribution in [0.3, 0.4) is 0 Å². The molecule has 1 aromatic rings. The van der Waals surface area contributed by atoms with E-state index in [1.54, 1.807) is 6.07 Å². The first kappa shape index (κ1) is 9.04. The molecule has 3 heteroatoms. The van der Waals surface area contributed by atoms with Gasteiger partial charge >= 0.3 is 0 Å². The Hall–Kier alpha value is -1.53. The third-order valence-electron chi connectivity index (χ3n) is 2.08. The van der Waals surface area contributed by atoms with Crippen LogP contribution in [0.25, 0.3) is 0 Å². The summed E-state index contributed by atoms with van der Waals surface area (Å²) in [6.07, 6.45) is 0.224. The van der Waals surface area contributed by atoms with Crippen molar-refractivity contribution in [1.29, 1.82) is 5.26 Å². The first-order valence-electron chi connectivity index (χ1n) is 4.55. The van der Waals surface area contributed by atoms with Crippen molar-refractivity contribution in [3.8, 4) is 11.8 Å². The molecule has 1 atom stereocenters. The SMILES string of the molecule is Cc1ccc(C#N)c(OCC2CO2)c1. The van der Waals surface area contributed by atoms with Crippen LogP contribution in [0.15, 0.2) is 18.2 Å². The summed E-state index contributed by atoms with van der Waals surface area (Å²) in [5.74, 6) is 0.656. The van der Waals surface area contributed by atoms with Crippen molar-refractivity contribution in [3.63, 3.8) is 0 Å². The van der Waals surface area contributed by atoms with Crippen LogP contribution in [0, 0.1) is 18.3 Å². The number of ether oxygens (including phenoxy) is 2. The summed E-state index contributed by atoms with van der Waals surface area (Å²) in [5.41, 5.74) is 1.67. The van der Waals surface area contributed by atoms with Crippen molar-refractivity contribution in [2.45, 2.75) is 13.0 Å². The number of hydrogen-bond donors (Lipinski definition) is 0. The Bertz CT molecular complexity index is 377. The van der Waals surface area contributed by atoms with Crippen molar-refractivity contribution >= 4 is 0 Å². The van der Waals surface area contributed by atoms with E-state index in [1.165, 1.54) is 0 Å². The molecule has 1 aromatic carbocycles. The molecule has 0 bridgehead atoms. The van der Waals surface area contributed by atoms with Crippen molar-refractivity contribution in [1.82, 2.24) is 0 Å². The van der Waals surface area contributed by atoms with E-state index in [2.05, 4.69) is 6.07 Å². The molecule has 0 amide bonds. The lowest BCUT2D eigenvalue weighted by Crippen LogP contribution is -2.05. The van der Waals surface area contributed by atoms with Crippen LogP contribution in [0.4, 0.5) is 0 Å². The first-order chi connectivity index (χ1) is 6.79. The molecule has 0 N–H and O–H groups in total. The fraction of sp³-hybridized carbons (Fsp3) is 0.364. The molecule has 0 aromatic heterocycles. The van der Waals surface area contributed by atoms with Gasteiger partial charge in [-0.1, -0.05) is 6.07 Å². The van der Waals surface area contributed by atoms with Gasteiger partial charge in [-0.25, -0.2) is 0 Å². The standard InChI is InChI=1S/C11H11NO2/c1-8-2-3-9(5-12)11(4-8)14-7-10-6-13-10/h2-4,10H,6-7H2,1H3. The molecule has 0 spiro atoms. The highest BCUT2D eigenvalue weighted by Crippen LogP contribution is 2.21. The molecule has 1 fully saturated rings. The number of nitriles is 1. The summed E-state index contributed by atoms with van der Waals surface area (Å²) in [6, 6.07) is 7.66. The van der Waals surface area contributed by atoms with Gasteiger partial charge in [-0.05, 0) is 24.6 Å². The predicted molar refractivity (Wildman–Crippen MR) is 51.1 cm³/mol. The lowest BCUT2D eigenvalue weighted by molar-refractivity contribution is 0.262. The predicted octanol–water partition coefficient (Wildman–Crippen LogP) is 1.64. The van der Waals surface area contributed by atoms with E-state index in [0.717, 1.165) is 12.2 Å². The fourth-order valence-corrected chi connectivity index (χ4v) is 1.19. The van der Waals surface area contributed by atoms with E-state index < -0.39 is 0 Å². The highest BCUT2D eigenvalue weighted by Gasteiger charge is 2.23. The van der Waals surface area contributed by atoms with Gasteiger partial charge in [-0.15, -0.1) is 0 Å². The quantitative estimate of drug-likeness (QED) is 0.679. The summed E-state index contributed by atoms with van der Waals surface area (Å²) < 4.78 is 10.5. The van der Waals surface area contributed by atoms with Gasteiger partial charge in [0.05, 0.1) is 12.2 Å². The van der Waals surface area contributed by atoms with Crippen LogP contribution in [0.2, 0.25) is 0 Å². The van der Waals surface area contributed by atoms with Gasteiger partial charge in [0.15, 0.2) is 0 Å². The lowest BCUT2D eigenvalue weighted by atomic mass is 10.1. The van der Waals surface area contributed by atoms with Gasteiger partial charge in [0.1, 0.15) is 24.5 Å². The topological polar surface area (TPSA) is 45.5 Å². The molecule has 3 nitrogen and oxygen atoms in total. The highest BCUT2D eigenvalue weighted by molar-refractivity contribution is 5.45. The molecular weight excluding hydrogens is 178 g/mol. The number of hydrogen-bond acceptors (Lipinski definition) is 3. The van der Waals surface area contributed by atoms with Crippen LogP contribution in [-0.4, -0.2) is 19.3 Å². The third kappa shape index (κ3) is 2.04. The summed E-state index contributed by atoms with van der Waals surface area (Å²) in [4.78, 5) is 0. The van der Waals surface area contributed by atoms with E-state index in [-0.39, 0.29) is 6.10 Å². The zero-order valence-corrected chi connectivity index (χ0v) is 7.99. The smallest absolute Gasteiger partial charge is 0.137 e. The van der Waals surface area contributed by atoms with Crippen LogP contribution >= 0.6 is 0 Å². The summed E-state index contributed by atoms with van der Waals surface area (Å²) >= 11 is 0. The summed E-state index contributed by atoms with van der Waals surface area (Å²) in [7, 11) is 0. The molecule has 0 radical (unpaired) electrons. The molecule has 2 rings (SSSR count). The van der Waals surface area contributed by atoms with Crippen molar-refractivity contribution in [3.05, 3.63) is 29.3 Å². The molecule has 1 aliphatic rings. The Morgan fingerprint density at radius 2 is 2.43 bits per heavy atom. The minimum Gasteiger partial charge on any atom is -0.489 e. The number of rotatable bonds is 3. The molecule has 72 valence electrons. The largest absolute Gasteiger partial charge is 0.489 e. The number of nitrogens with zero attached hydrogens (tertiary/aromatic N) is 1. The van der Waals surface area contributed by atoms with E-state index >= 15 is 0 Å². The maximum Gasteiger partial charge on any atom is 0.137 e. The second kappa shape index (κ2) is 3.69. The first-order valence-corrected chi connectivity index (χ1v) is 4.55. The van der Waals surface area contributed by atoms with Crippen molar-refractivity contribution in [2.75, 3.05) is 13.2 Å². The van der Waals surface area contributed by atoms with E-state index in [4.69, 9.17) is 14.7 Å². The second-order valence-corrected chi connectivity index (χ2v) is 3.38. The molecule has 1 unspecified atom stereocenters. The highest BCUT2D eigenvalue weighted by atomic mass is 16.6. The zero-order chi connectivity index (χ0) is 9.97. The Labute approximate surface area is 82.9 Å². The maximum absolute atomic E-state index is 8.83. The molecule has 14 heavy (non-hydrogen) atoms. The Morgan fingerprint density at radius 1 is 1.64 bits per heavy atom. The van der Waals surface area contributed by atoms with Gasteiger partial charge in [0.2, 0.25) is 0 Å². The normalized spacial score (nSPS) is 18.7. The van der Waals surface area contributed by atoms with E-state index in [1.807, 2.05) is 19.1 Å². The van der Waals surface area contributed by atoms with Gasteiger partial charge < -0.3 is 9.47 Å². The average molecular weight is 189 g/mol. The van der Waals surface area contributed by atoms with Gasteiger partial charge in [0.25, 0.3) is 0 Å². The monoisotopic (exact) mass is 189 g/mol. The summed E-state index contributed by atoms with van der Waals surface area (Å²) in [5, 5.41) is 8.83. The molecule has 1 saturated heterocycles. The summed E-state index contributed by atoms with van der Waals surface area (Å²) in [6.45, 7) is 3.29. The number of benzene rings is 1. The van der Waals surface area contributed by atoms with Crippen LogP contribution in [-0.2, 0) is 4.74 Å². The van der Waals surface area contributed by atoms with Crippen LogP contribution < -0.4 is 4.74 Å². The fourth-order valence-electron chi connectivity index (χ4n) is 1.19. The van der Waals surface area contributed by atoms with Gasteiger partial charge in [-0.3, -0.25) is 0 Å². The van der Waals surface area contributed by atoms with Crippen LogP contribution in [0.1, 0.15) is 11.1 Å². The van der Waals surface area contributed by atoms with Gasteiger partial charge in [0, 0.05) is 0 Å². The second-order valence-electron chi connectivity index (χ2n) is 3.38. The Kier molecular flexibility index (Phi) is 2.38. The number of epoxide rings is 1. The molecule has 0 aliphatic carbocycles. The maximum atomic E-state index is 8.83. The average Bonchev–Trinajstić information content (AvgIpc) is 2.98. The van der Waals surface area contributed by atoms with Crippen molar-refractivity contribution < 1.29 is 9.47 Å². The molecular formula is C11H11NO2. The molecule has 1 aliphatic heterocycles. The third-order valence-corrected chi connectivity index (χ3v) is 2.08. The van der Waals surface area contributed by atoms with E-state index in [0.29, 0.717) is 17.9 Å². The minimum atomic E-state index is 0.224.